The van der Waals surface area contributed by atoms with Gasteiger partial charge in [0, 0.05) is 19.6 Å². The number of para-hydroxylation sites is 1. The van der Waals surface area contributed by atoms with E-state index < -0.39 is 0 Å². The highest BCUT2D eigenvalue weighted by molar-refractivity contribution is 5.54. The minimum Gasteiger partial charge on any atom is -0.369 e. The largest absolute Gasteiger partial charge is 0.369 e. The van der Waals surface area contributed by atoms with Crippen molar-refractivity contribution in [2.45, 2.75) is 33.2 Å². The van der Waals surface area contributed by atoms with Crippen molar-refractivity contribution in [3.63, 3.8) is 0 Å². The van der Waals surface area contributed by atoms with Crippen molar-refractivity contribution in [1.82, 2.24) is 5.32 Å². The van der Waals surface area contributed by atoms with Crippen molar-refractivity contribution < 1.29 is 4.39 Å². The summed E-state index contributed by atoms with van der Waals surface area (Å²) < 4.78 is 14.0. The number of unbranched alkanes of at least 4 members (excludes halogenated alkanes) is 1. The zero-order valence-electron chi connectivity index (χ0n) is 11.1. The van der Waals surface area contributed by atoms with Crippen LogP contribution in [0.3, 0.4) is 0 Å². The van der Waals surface area contributed by atoms with Crippen LogP contribution < -0.4 is 10.2 Å². The number of nitrogens with one attached hydrogen (secondary N) is 1. The van der Waals surface area contributed by atoms with E-state index in [2.05, 4.69) is 24.1 Å². The van der Waals surface area contributed by atoms with Gasteiger partial charge in [-0.25, -0.2) is 4.39 Å². The van der Waals surface area contributed by atoms with E-state index in [1.807, 2.05) is 13.1 Å². The van der Waals surface area contributed by atoms with E-state index in [1.54, 1.807) is 12.1 Å². The van der Waals surface area contributed by atoms with E-state index in [9.17, 15) is 4.39 Å². The molecular formula is C14H23FN2. The highest BCUT2D eigenvalue weighted by Gasteiger charge is 2.13. The van der Waals surface area contributed by atoms with E-state index in [1.165, 1.54) is 0 Å². The molecule has 0 aliphatic rings. The van der Waals surface area contributed by atoms with Crippen molar-refractivity contribution in [3.8, 4) is 0 Å². The molecule has 0 saturated heterocycles. The van der Waals surface area contributed by atoms with Crippen molar-refractivity contribution >= 4 is 5.69 Å². The van der Waals surface area contributed by atoms with Crippen LogP contribution in [0.4, 0.5) is 10.1 Å². The molecule has 0 heterocycles. The lowest BCUT2D eigenvalue weighted by atomic mass is 10.1. The summed E-state index contributed by atoms with van der Waals surface area (Å²) in [6.07, 6.45) is 2.23. The number of rotatable bonds is 7. The zero-order chi connectivity index (χ0) is 12.7. The predicted octanol–water partition coefficient (Wildman–Crippen LogP) is 3.17. The molecule has 0 aromatic heterocycles. The summed E-state index contributed by atoms with van der Waals surface area (Å²) in [4.78, 5) is 2.13. The molecule has 0 fully saturated rings. The van der Waals surface area contributed by atoms with E-state index in [4.69, 9.17) is 0 Å². The Hall–Kier alpha value is -1.09. The number of anilines is 1. The summed E-state index contributed by atoms with van der Waals surface area (Å²) >= 11 is 0. The lowest BCUT2D eigenvalue weighted by molar-refractivity contribution is 0.609. The first-order valence-electron chi connectivity index (χ1n) is 6.41. The molecule has 1 aromatic rings. The van der Waals surface area contributed by atoms with Crippen molar-refractivity contribution in [1.29, 1.82) is 0 Å². The van der Waals surface area contributed by atoms with Gasteiger partial charge in [0.2, 0.25) is 0 Å². The van der Waals surface area contributed by atoms with Gasteiger partial charge in [0.25, 0.3) is 0 Å². The molecule has 2 nitrogen and oxygen atoms in total. The van der Waals surface area contributed by atoms with Gasteiger partial charge in [-0.2, -0.15) is 0 Å². The first-order valence-corrected chi connectivity index (χ1v) is 6.41. The van der Waals surface area contributed by atoms with Crippen molar-refractivity contribution in [2.75, 3.05) is 25.0 Å². The first kappa shape index (κ1) is 14.0. The van der Waals surface area contributed by atoms with Gasteiger partial charge >= 0.3 is 0 Å². The summed E-state index contributed by atoms with van der Waals surface area (Å²) in [5.41, 5.74) is 1.79. The molecular weight excluding hydrogens is 215 g/mol. The van der Waals surface area contributed by atoms with Crippen LogP contribution in [0.15, 0.2) is 18.2 Å². The molecule has 0 spiro atoms. The summed E-state index contributed by atoms with van der Waals surface area (Å²) in [5, 5.41) is 3.09. The molecule has 0 amide bonds. The Morgan fingerprint density at radius 2 is 2.06 bits per heavy atom. The van der Waals surface area contributed by atoms with E-state index in [-0.39, 0.29) is 5.82 Å². The van der Waals surface area contributed by atoms with Gasteiger partial charge in [-0.05, 0) is 32.0 Å². The Bertz CT molecular complexity index is 339. The highest BCUT2D eigenvalue weighted by atomic mass is 19.1. The monoisotopic (exact) mass is 238 g/mol. The van der Waals surface area contributed by atoms with Crippen LogP contribution in [-0.2, 0) is 6.54 Å². The van der Waals surface area contributed by atoms with Gasteiger partial charge in [0.15, 0.2) is 0 Å². The van der Waals surface area contributed by atoms with Crippen LogP contribution >= 0.6 is 0 Å². The molecule has 17 heavy (non-hydrogen) atoms. The van der Waals surface area contributed by atoms with Crippen LogP contribution in [0.2, 0.25) is 0 Å². The second-order valence-electron chi connectivity index (χ2n) is 4.21. The predicted molar refractivity (Wildman–Crippen MR) is 72.0 cm³/mol. The van der Waals surface area contributed by atoms with Gasteiger partial charge in [0.05, 0.1) is 5.69 Å². The summed E-state index contributed by atoms with van der Waals surface area (Å²) in [6.45, 7) is 6.70. The molecule has 1 aromatic carbocycles. The second-order valence-corrected chi connectivity index (χ2v) is 4.21. The zero-order valence-corrected chi connectivity index (χ0v) is 11.1. The number of halogens is 1. The van der Waals surface area contributed by atoms with Crippen LogP contribution in [0.1, 0.15) is 32.3 Å². The van der Waals surface area contributed by atoms with Gasteiger partial charge < -0.3 is 10.2 Å². The minimum absolute atomic E-state index is 0.115. The average molecular weight is 238 g/mol. The maximum atomic E-state index is 14.0. The number of nitrogens with zero attached hydrogens (tertiary/aromatic N) is 1. The average Bonchev–Trinajstić information content (AvgIpc) is 2.33. The lowest BCUT2D eigenvalue weighted by Gasteiger charge is -2.26. The molecule has 0 atom stereocenters. The Morgan fingerprint density at radius 3 is 2.65 bits per heavy atom. The van der Waals surface area contributed by atoms with Gasteiger partial charge in [-0.1, -0.05) is 25.5 Å². The molecule has 0 aliphatic carbocycles. The maximum Gasteiger partial charge on any atom is 0.146 e. The molecule has 3 heteroatoms. The molecule has 0 unspecified atom stereocenters. The SMILES string of the molecule is CCCCN(CC)c1c(F)cccc1CNC. The van der Waals surface area contributed by atoms with Gasteiger partial charge in [0.1, 0.15) is 5.82 Å². The summed E-state index contributed by atoms with van der Waals surface area (Å²) in [7, 11) is 1.89. The molecule has 1 N–H and O–H groups in total. The Labute approximate surface area is 104 Å². The fraction of sp³-hybridized carbons (Fsp3) is 0.571. The Kier molecular flexibility index (Phi) is 5.98. The fourth-order valence-electron chi connectivity index (χ4n) is 2.02. The molecule has 96 valence electrons. The number of benzene rings is 1. The Balaban J connectivity index is 2.98. The van der Waals surface area contributed by atoms with E-state index in [0.29, 0.717) is 6.54 Å². The maximum absolute atomic E-state index is 14.0. The Morgan fingerprint density at radius 1 is 1.29 bits per heavy atom. The van der Waals surface area contributed by atoms with Crippen LogP contribution in [-0.4, -0.2) is 20.1 Å². The topological polar surface area (TPSA) is 15.3 Å². The fourth-order valence-corrected chi connectivity index (χ4v) is 2.02. The smallest absolute Gasteiger partial charge is 0.146 e. The number of hydrogen-bond donors (Lipinski definition) is 1. The van der Waals surface area contributed by atoms with E-state index in [0.717, 1.165) is 37.2 Å². The van der Waals surface area contributed by atoms with E-state index >= 15 is 0 Å². The normalized spacial score (nSPS) is 10.6. The third-order valence-corrected chi connectivity index (χ3v) is 2.92. The van der Waals surface area contributed by atoms with Crippen LogP contribution in [0.5, 0.6) is 0 Å². The molecule has 0 saturated carbocycles. The molecule has 0 bridgehead atoms. The summed E-state index contributed by atoms with van der Waals surface area (Å²) in [5.74, 6) is -0.115. The molecule has 1 rings (SSSR count). The molecule has 0 aliphatic heterocycles. The second kappa shape index (κ2) is 7.28. The van der Waals surface area contributed by atoms with Crippen LogP contribution in [0, 0.1) is 5.82 Å². The van der Waals surface area contributed by atoms with Crippen molar-refractivity contribution in [2.24, 2.45) is 0 Å². The lowest BCUT2D eigenvalue weighted by Crippen LogP contribution is -2.27. The van der Waals surface area contributed by atoms with Gasteiger partial charge in [-0.3, -0.25) is 0 Å². The minimum atomic E-state index is -0.115. The van der Waals surface area contributed by atoms with Gasteiger partial charge in [-0.15, -0.1) is 0 Å². The quantitative estimate of drug-likeness (QED) is 0.785. The number of hydrogen-bond acceptors (Lipinski definition) is 2. The summed E-state index contributed by atoms with van der Waals surface area (Å²) in [6, 6.07) is 5.31. The third kappa shape index (κ3) is 3.70. The molecule has 0 radical (unpaired) electrons. The highest BCUT2D eigenvalue weighted by Crippen LogP contribution is 2.24. The third-order valence-electron chi connectivity index (χ3n) is 2.92. The van der Waals surface area contributed by atoms with Crippen LogP contribution in [0.25, 0.3) is 0 Å². The first-order chi connectivity index (χ1) is 8.24. The van der Waals surface area contributed by atoms with Crippen molar-refractivity contribution in [3.05, 3.63) is 29.6 Å². The standard InChI is InChI=1S/C14H23FN2/c1-4-6-10-17(5-2)14-12(11-16-3)8-7-9-13(14)15/h7-9,16H,4-6,10-11H2,1-3H3.